The van der Waals surface area contributed by atoms with Gasteiger partial charge in [0, 0.05) is 18.7 Å². The first-order chi connectivity index (χ1) is 9.08. The van der Waals surface area contributed by atoms with Gasteiger partial charge in [0.05, 0.1) is 6.10 Å². The lowest BCUT2D eigenvalue weighted by Gasteiger charge is -2.31. The summed E-state index contributed by atoms with van der Waals surface area (Å²) in [5.74, 6) is 0.782. The smallest absolute Gasteiger partial charge is 0.122 e. The molecule has 0 aromatic heterocycles. The van der Waals surface area contributed by atoms with Crippen LogP contribution in [0.1, 0.15) is 36.8 Å². The average molecular weight is 263 g/mol. The summed E-state index contributed by atoms with van der Waals surface area (Å²) in [4.78, 5) is 2.20. The highest BCUT2D eigenvalue weighted by Crippen LogP contribution is 2.27. The molecule has 0 bridgehead atoms. The van der Waals surface area contributed by atoms with Crippen LogP contribution in [0.25, 0.3) is 0 Å². The Hall–Kier alpha value is -1.06. The minimum absolute atomic E-state index is 0.151. The molecule has 1 saturated carbocycles. The lowest BCUT2D eigenvalue weighted by molar-refractivity contribution is 0.0500. The van der Waals surface area contributed by atoms with Crippen LogP contribution in [-0.4, -0.2) is 34.8 Å². The van der Waals surface area contributed by atoms with Crippen LogP contribution >= 0.6 is 0 Å². The molecule has 0 amide bonds. The van der Waals surface area contributed by atoms with Crippen LogP contribution in [-0.2, 0) is 6.54 Å². The molecular weight excluding hydrogens is 238 g/mol. The predicted molar refractivity (Wildman–Crippen MR) is 77.1 cm³/mol. The number of rotatable bonds is 4. The molecular formula is C16H25NO2. The summed E-state index contributed by atoms with van der Waals surface area (Å²) in [7, 11) is 2.06. The van der Waals surface area contributed by atoms with E-state index in [4.69, 9.17) is 0 Å². The maximum Gasteiger partial charge on any atom is 0.122 e. The second kappa shape index (κ2) is 6.40. The summed E-state index contributed by atoms with van der Waals surface area (Å²) in [6, 6.07) is 5.87. The minimum Gasteiger partial charge on any atom is -0.507 e. The van der Waals surface area contributed by atoms with Crippen molar-refractivity contribution >= 4 is 0 Å². The van der Waals surface area contributed by atoms with Gasteiger partial charge in [-0.25, -0.2) is 0 Å². The molecule has 1 aromatic carbocycles. The van der Waals surface area contributed by atoms with Crippen molar-refractivity contribution < 1.29 is 10.2 Å². The van der Waals surface area contributed by atoms with E-state index in [1.807, 2.05) is 25.1 Å². The van der Waals surface area contributed by atoms with Crippen molar-refractivity contribution in [2.45, 2.75) is 45.3 Å². The molecule has 1 fully saturated rings. The molecule has 1 aromatic rings. The van der Waals surface area contributed by atoms with Crippen LogP contribution in [0.2, 0.25) is 0 Å². The van der Waals surface area contributed by atoms with Crippen molar-refractivity contribution in [3.05, 3.63) is 29.3 Å². The van der Waals surface area contributed by atoms with Gasteiger partial charge in [0.2, 0.25) is 0 Å². The molecule has 0 spiro atoms. The number of para-hydroxylation sites is 1. The molecule has 2 N–H and O–H groups in total. The number of aryl methyl sites for hydroxylation is 1. The fourth-order valence-corrected chi connectivity index (χ4v) is 3.00. The van der Waals surface area contributed by atoms with Crippen molar-refractivity contribution in [1.29, 1.82) is 0 Å². The lowest BCUT2D eigenvalue weighted by atomic mass is 9.86. The molecule has 2 atom stereocenters. The minimum atomic E-state index is -0.151. The van der Waals surface area contributed by atoms with Crippen molar-refractivity contribution in [3.63, 3.8) is 0 Å². The van der Waals surface area contributed by atoms with Gasteiger partial charge in [-0.15, -0.1) is 0 Å². The van der Waals surface area contributed by atoms with Gasteiger partial charge in [0.1, 0.15) is 5.75 Å². The Bertz CT molecular complexity index is 419. The van der Waals surface area contributed by atoms with Crippen LogP contribution < -0.4 is 0 Å². The van der Waals surface area contributed by atoms with Gasteiger partial charge >= 0.3 is 0 Å². The third kappa shape index (κ3) is 3.71. The van der Waals surface area contributed by atoms with E-state index in [0.29, 0.717) is 11.7 Å². The first-order valence-electron chi connectivity index (χ1n) is 7.22. The van der Waals surface area contributed by atoms with Gasteiger partial charge in [-0.2, -0.15) is 0 Å². The third-order valence-corrected chi connectivity index (χ3v) is 4.18. The number of benzene rings is 1. The zero-order valence-electron chi connectivity index (χ0n) is 12.0. The van der Waals surface area contributed by atoms with Crippen LogP contribution in [0.5, 0.6) is 5.75 Å². The van der Waals surface area contributed by atoms with Gasteiger partial charge in [0.15, 0.2) is 0 Å². The van der Waals surface area contributed by atoms with Crippen molar-refractivity contribution in [3.8, 4) is 5.75 Å². The SMILES string of the molecule is Cc1cccc(CN(C)CC2CCCCC2O)c1O. The zero-order valence-corrected chi connectivity index (χ0v) is 12.0. The quantitative estimate of drug-likeness (QED) is 0.878. The van der Waals surface area contributed by atoms with E-state index < -0.39 is 0 Å². The number of nitrogens with zero attached hydrogens (tertiary/aromatic N) is 1. The number of aliphatic hydroxyl groups is 1. The number of aromatic hydroxyl groups is 1. The summed E-state index contributed by atoms with van der Waals surface area (Å²) in [5, 5.41) is 20.0. The topological polar surface area (TPSA) is 43.7 Å². The van der Waals surface area contributed by atoms with Gasteiger partial charge in [-0.1, -0.05) is 31.0 Å². The molecule has 106 valence electrons. The first kappa shape index (κ1) is 14.4. The lowest BCUT2D eigenvalue weighted by Crippen LogP contribution is -2.34. The van der Waals surface area contributed by atoms with Gasteiger partial charge < -0.3 is 15.1 Å². The molecule has 2 rings (SSSR count). The van der Waals surface area contributed by atoms with Gasteiger partial charge in [-0.05, 0) is 38.3 Å². The fourth-order valence-electron chi connectivity index (χ4n) is 3.00. The number of hydrogen-bond donors (Lipinski definition) is 2. The summed E-state index contributed by atoms with van der Waals surface area (Å²) in [6.45, 7) is 3.55. The summed E-state index contributed by atoms with van der Waals surface area (Å²) in [6.07, 6.45) is 4.28. The maximum atomic E-state index is 10.0. The molecule has 0 aliphatic heterocycles. The highest BCUT2D eigenvalue weighted by atomic mass is 16.3. The normalized spacial score (nSPS) is 23.8. The van der Waals surface area contributed by atoms with Crippen molar-refractivity contribution in [1.82, 2.24) is 4.90 Å². The number of hydrogen-bond acceptors (Lipinski definition) is 3. The van der Waals surface area contributed by atoms with Gasteiger partial charge in [-0.3, -0.25) is 0 Å². The number of aliphatic hydroxyl groups excluding tert-OH is 1. The van der Waals surface area contributed by atoms with Crippen molar-refractivity contribution in [2.24, 2.45) is 5.92 Å². The monoisotopic (exact) mass is 263 g/mol. The molecule has 19 heavy (non-hydrogen) atoms. The Morgan fingerprint density at radius 2 is 2.00 bits per heavy atom. The zero-order chi connectivity index (χ0) is 13.8. The molecule has 0 radical (unpaired) electrons. The summed E-state index contributed by atoms with van der Waals surface area (Å²) >= 11 is 0. The van der Waals surface area contributed by atoms with Gasteiger partial charge in [0.25, 0.3) is 0 Å². The van der Waals surface area contributed by atoms with Crippen LogP contribution in [0, 0.1) is 12.8 Å². The van der Waals surface area contributed by atoms with E-state index in [1.165, 1.54) is 6.42 Å². The average Bonchev–Trinajstić information content (AvgIpc) is 2.38. The predicted octanol–water partition coefficient (Wildman–Crippen LogP) is 2.68. The van der Waals surface area contributed by atoms with E-state index in [-0.39, 0.29) is 6.10 Å². The molecule has 2 unspecified atom stereocenters. The second-order valence-electron chi connectivity index (χ2n) is 5.89. The Morgan fingerprint density at radius 1 is 1.26 bits per heavy atom. The molecule has 0 heterocycles. The third-order valence-electron chi connectivity index (χ3n) is 4.18. The van der Waals surface area contributed by atoms with E-state index in [2.05, 4.69) is 11.9 Å². The van der Waals surface area contributed by atoms with E-state index >= 15 is 0 Å². The number of phenols is 1. The Balaban J connectivity index is 1.93. The maximum absolute atomic E-state index is 10.0. The first-order valence-corrected chi connectivity index (χ1v) is 7.22. The Morgan fingerprint density at radius 3 is 2.74 bits per heavy atom. The molecule has 3 nitrogen and oxygen atoms in total. The fraction of sp³-hybridized carbons (Fsp3) is 0.625. The van der Waals surface area contributed by atoms with Crippen molar-refractivity contribution in [2.75, 3.05) is 13.6 Å². The molecule has 3 heteroatoms. The highest BCUT2D eigenvalue weighted by Gasteiger charge is 2.24. The van der Waals surface area contributed by atoms with E-state index in [9.17, 15) is 10.2 Å². The molecule has 1 aliphatic carbocycles. The van der Waals surface area contributed by atoms with Crippen LogP contribution in [0.15, 0.2) is 18.2 Å². The van der Waals surface area contributed by atoms with E-state index in [0.717, 1.165) is 43.5 Å². The van der Waals surface area contributed by atoms with Crippen LogP contribution in [0.4, 0.5) is 0 Å². The van der Waals surface area contributed by atoms with E-state index in [1.54, 1.807) is 0 Å². The largest absolute Gasteiger partial charge is 0.507 e. The second-order valence-corrected chi connectivity index (χ2v) is 5.89. The Labute approximate surface area is 115 Å². The number of phenolic OH excluding ortho intramolecular Hbond substituents is 1. The molecule has 0 saturated heterocycles. The highest BCUT2D eigenvalue weighted by molar-refractivity contribution is 5.39. The summed E-state index contributed by atoms with van der Waals surface area (Å²) in [5.41, 5.74) is 1.89. The molecule has 1 aliphatic rings. The van der Waals surface area contributed by atoms with Crippen LogP contribution in [0.3, 0.4) is 0 Å². The Kier molecular flexibility index (Phi) is 4.83. The summed E-state index contributed by atoms with van der Waals surface area (Å²) < 4.78 is 0. The standard InChI is InChI=1S/C16H25NO2/c1-12-6-5-8-14(16(12)19)11-17(2)10-13-7-3-4-9-15(13)18/h5-6,8,13,15,18-19H,3-4,7,9-11H2,1-2H3.